The molecule has 6 nitrogen and oxygen atoms in total. The number of nitrogens with zero attached hydrogens (tertiary/aromatic N) is 3. The first kappa shape index (κ1) is 22.4. The smallest absolute Gasteiger partial charge is 0.143 e. The summed E-state index contributed by atoms with van der Waals surface area (Å²) in [6.45, 7) is 1.92. The number of aromatic amines is 1. The molecule has 0 atom stereocenters. The fourth-order valence-electron chi connectivity index (χ4n) is 3.15. The van der Waals surface area contributed by atoms with E-state index in [0.717, 1.165) is 58.0 Å². The van der Waals surface area contributed by atoms with Crippen molar-refractivity contribution < 1.29 is 0 Å². The molecule has 148 valence electrons. The van der Waals surface area contributed by atoms with Crippen LogP contribution in [0, 0.1) is 0 Å². The van der Waals surface area contributed by atoms with Crippen LogP contribution in [0.5, 0.6) is 0 Å². The summed E-state index contributed by atoms with van der Waals surface area (Å²) in [4.78, 5) is 16.6. The molecule has 0 bridgehead atoms. The monoisotopic (exact) mass is 456 g/mol. The second kappa shape index (κ2) is 9.54. The molecule has 0 radical (unpaired) electrons. The summed E-state index contributed by atoms with van der Waals surface area (Å²) in [5, 5.41) is 7.76. The molecule has 0 spiro atoms. The van der Waals surface area contributed by atoms with E-state index in [1.54, 1.807) is 17.7 Å². The molecule has 1 aliphatic rings. The predicted octanol–water partition coefficient (Wildman–Crippen LogP) is 4.95. The van der Waals surface area contributed by atoms with Crippen LogP contribution in [0.25, 0.3) is 26.8 Å². The fourth-order valence-corrected chi connectivity index (χ4v) is 3.87. The highest BCUT2D eigenvalue weighted by atomic mass is 35.5. The third-order valence-corrected chi connectivity index (χ3v) is 5.22. The summed E-state index contributed by atoms with van der Waals surface area (Å²) < 4.78 is 1.16. The number of halogens is 3. The second-order valence-corrected chi connectivity index (χ2v) is 6.90. The van der Waals surface area contributed by atoms with Crippen molar-refractivity contribution in [1.29, 1.82) is 0 Å². The molecule has 4 aromatic rings. The fraction of sp³-hybridized carbons (Fsp3) is 0.167. The van der Waals surface area contributed by atoms with Crippen LogP contribution in [0.2, 0.25) is 0 Å². The number of anilines is 2. The van der Waals surface area contributed by atoms with Gasteiger partial charge in [-0.15, -0.1) is 48.6 Å². The van der Waals surface area contributed by atoms with Crippen LogP contribution in [0.1, 0.15) is 12.1 Å². The predicted molar refractivity (Wildman–Crippen MR) is 124 cm³/mol. The zero-order valence-electron chi connectivity index (χ0n) is 14.6. The highest BCUT2D eigenvalue weighted by molar-refractivity contribution is 7.16. The summed E-state index contributed by atoms with van der Waals surface area (Å²) >= 11 is 1.64. The second-order valence-electron chi connectivity index (χ2n) is 6.01. The molecular weight excluding hydrogens is 439 g/mol. The number of aromatic nitrogens is 4. The normalized spacial score (nSPS) is 13.2. The van der Waals surface area contributed by atoms with E-state index >= 15 is 0 Å². The van der Waals surface area contributed by atoms with Crippen molar-refractivity contribution in [3.8, 4) is 0 Å². The largest absolute Gasteiger partial charge is 0.340 e. The Morgan fingerprint density at radius 2 is 1.93 bits per heavy atom. The van der Waals surface area contributed by atoms with Gasteiger partial charge in [-0.3, -0.25) is 0 Å². The Kier molecular flexibility index (Phi) is 7.63. The van der Waals surface area contributed by atoms with Crippen molar-refractivity contribution in [2.24, 2.45) is 0 Å². The van der Waals surface area contributed by atoms with Gasteiger partial charge in [-0.1, -0.05) is 6.08 Å². The minimum atomic E-state index is 0. The molecule has 28 heavy (non-hydrogen) atoms. The van der Waals surface area contributed by atoms with Crippen LogP contribution in [0.15, 0.2) is 42.2 Å². The molecule has 1 aromatic carbocycles. The van der Waals surface area contributed by atoms with Gasteiger partial charge in [-0.2, -0.15) is 0 Å². The number of hydrogen-bond acceptors (Lipinski definition) is 6. The third kappa shape index (κ3) is 4.24. The summed E-state index contributed by atoms with van der Waals surface area (Å²) in [6.07, 6.45) is 4.84. The SMILES string of the molecule is C1=C(c2cc3c(Nc4ccc5ncsc5c4)ncnc3[nH]2)CCNC1.Cl.Cl.Cl. The number of fused-ring (bicyclic) bond motifs is 2. The molecule has 3 N–H and O–H groups in total. The maximum Gasteiger partial charge on any atom is 0.143 e. The zero-order chi connectivity index (χ0) is 16.6. The van der Waals surface area contributed by atoms with Gasteiger partial charge in [-0.05, 0) is 42.8 Å². The van der Waals surface area contributed by atoms with E-state index in [2.05, 4.69) is 48.8 Å². The summed E-state index contributed by atoms with van der Waals surface area (Å²) in [5.41, 5.74) is 7.19. The van der Waals surface area contributed by atoms with Gasteiger partial charge >= 0.3 is 0 Å². The number of benzene rings is 1. The number of hydrogen-bond donors (Lipinski definition) is 3. The summed E-state index contributed by atoms with van der Waals surface area (Å²) in [7, 11) is 0. The van der Waals surface area contributed by atoms with Crippen molar-refractivity contribution in [3.05, 3.63) is 47.9 Å². The molecule has 4 heterocycles. The lowest BCUT2D eigenvalue weighted by Gasteiger charge is -2.12. The Labute approximate surface area is 184 Å². The van der Waals surface area contributed by atoms with Crippen LogP contribution >= 0.6 is 48.6 Å². The van der Waals surface area contributed by atoms with Gasteiger partial charge in [0.25, 0.3) is 0 Å². The highest BCUT2D eigenvalue weighted by Crippen LogP contribution is 2.29. The molecule has 0 unspecified atom stereocenters. The van der Waals surface area contributed by atoms with Gasteiger partial charge < -0.3 is 15.6 Å². The van der Waals surface area contributed by atoms with Gasteiger partial charge in [0.15, 0.2) is 0 Å². The Morgan fingerprint density at radius 1 is 1.04 bits per heavy atom. The van der Waals surface area contributed by atoms with Crippen molar-refractivity contribution in [1.82, 2.24) is 25.3 Å². The van der Waals surface area contributed by atoms with Gasteiger partial charge in [0.1, 0.15) is 17.8 Å². The molecule has 0 saturated heterocycles. The third-order valence-electron chi connectivity index (χ3n) is 4.43. The van der Waals surface area contributed by atoms with Crippen LogP contribution in [-0.4, -0.2) is 33.0 Å². The summed E-state index contributed by atoms with van der Waals surface area (Å²) in [5.74, 6) is 0.811. The van der Waals surface area contributed by atoms with Gasteiger partial charge in [-0.25, -0.2) is 15.0 Å². The van der Waals surface area contributed by atoms with Crippen LogP contribution in [0.3, 0.4) is 0 Å². The first-order valence-corrected chi connectivity index (χ1v) is 9.09. The number of H-pyrrole nitrogens is 1. The van der Waals surface area contributed by atoms with Gasteiger partial charge in [0, 0.05) is 17.9 Å². The van der Waals surface area contributed by atoms with Crippen molar-refractivity contribution in [2.45, 2.75) is 6.42 Å². The molecule has 0 amide bonds. The van der Waals surface area contributed by atoms with E-state index in [4.69, 9.17) is 0 Å². The van der Waals surface area contributed by atoms with Gasteiger partial charge in [0.2, 0.25) is 0 Å². The van der Waals surface area contributed by atoms with Crippen LogP contribution in [-0.2, 0) is 0 Å². The van der Waals surface area contributed by atoms with E-state index in [1.165, 1.54) is 5.57 Å². The van der Waals surface area contributed by atoms with E-state index < -0.39 is 0 Å². The van der Waals surface area contributed by atoms with E-state index in [9.17, 15) is 0 Å². The van der Waals surface area contributed by atoms with Crippen LogP contribution < -0.4 is 10.6 Å². The Hall–Kier alpha value is -1.90. The molecule has 3 aromatic heterocycles. The molecule has 1 aliphatic heterocycles. The average molecular weight is 458 g/mol. The van der Waals surface area contributed by atoms with E-state index in [-0.39, 0.29) is 37.2 Å². The first-order chi connectivity index (χ1) is 12.4. The van der Waals surface area contributed by atoms with Crippen molar-refractivity contribution in [3.63, 3.8) is 0 Å². The Balaban J connectivity index is 0.000000934. The lowest BCUT2D eigenvalue weighted by atomic mass is 10.1. The first-order valence-electron chi connectivity index (χ1n) is 8.21. The van der Waals surface area contributed by atoms with Crippen LogP contribution in [0.4, 0.5) is 11.5 Å². The molecule has 0 saturated carbocycles. The lowest BCUT2D eigenvalue weighted by molar-refractivity contribution is 0.737. The van der Waals surface area contributed by atoms with E-state index in [1.807, 2.05) is 17.6 Å². The number of thiazole rings is 1. The molecule has 0 fully saturated rings. The maximum absolute atomic E-state index is 4.44. The maximum atomic E-state index is 4.44. The van der Waals surface area contributed by atoms with E-state index in [0.29, 0.717) is 0 Å². The number of rotatable bonds is 3. The highest BCUT2D eigenvalue weighted by Gasteiger charge is 2.13. The number of nitrogens with one attached hydrogen (secondary N) is 3. The topological polar surface area (TPSA) is 78.5 Å². The lowest BCUT2D eigenvalue weighted by Crippen LogP contribution is -2.20. The van der Waals surface area contributed by atoms with Gasteiger partial charge in [0.05, 0.1) is 21.1 Å². The molecular formula is C18H19Cl3N6S. The standard InChI is InChI=1S/C18H16N6S.3ClH/c1-2-14-16(25-10-22-14)7-12(1)23-17-13-8-15(11-3-5-19-6-4-11)24-18(13)21-9-20-17;;;/h1-3,7-10,19H,4-6H2,(H2,20,21,23,24);3*1H. The quantitative estimate of drug-likeness (QED) is 0.405. The minimum absolute atomic E-state index is 0. The average Bonchev–Trinajstić information content (AvgIpc) is 3.29. The summed E-state index contributed by atoms with van der Waals surface area (Å²) in [6, 6.07) is 8.29. The van der Waals surface area contributed by atoms with Crippen molar-refractivity contribution in [2.75, 3.05) is 18.4 Å². The molecule has 10 heteroatoms. The Bertz CT molecular complexity index is 1110. The molecule has 0 aliphatic carbocycles. The zero-order valence-corrected chi connectivity index (χ0v) is 17.9. The van der Waals surface area contributed by atoms with Crippen molar-refractivity contribution >= 4 is 86.9 Å². The minimum Gasteiger partial charge on any atom is -0.340 e. The Morgan fingerprint density at radius 3 is 2.75 bits per heavy atom. The molecule has 5 rings (SSSR count).